The minimum Gasteiger partial charge on any atom is -0.491 e. The molecule has 4 aromatic heterocycles. The van der Waals surface area contributed by atoms with Crippen LogP contribution in [0.4, 0.5) is 0 Å². The summed E-state index contributed by atoms with van der Waals surface area (Å²) in [6, 6.07) is 11.8. The van der Waals surface area contributed by atoms with Gasteiger partial charge in [-0.15, -0.1) is 11.6 Å². The molecule has 186 valence electrons. The van der Waals surface area contributed by atoms with E-state index in [2.05, 4.69) is 9.97 Å². The molecule has 0 fully saturated rings. The van der Waals surface area contributed by atoms with Gasteiger partial charge < -0.3 is 14.0 Å². The lowest BCUT2D eigenvalue weighted by atomic mass is 10.2. The summed E-state index contributed by atoms with van der Waals surface area (Å²) in [6.45, 7) is 2.37. The summed E-state index contributed by atoms with van der Waals surface area (Å²) in [5.74, 6) is 1.06. The molecule has 0 saturated carbocycles. The molecule has 0 N–H and O–H groups in total. The van der Waals surface area contributed by atoms with Gasteiger partial charge >= 0.3 is 0 Å². The van der Waals surface area contributed by atoms with Crippen molar-refractivity contribution in [3.05, 3.63) is 65.4 Å². The predicted molar refractivity (Wildman–Crippen MR) is 141 cm³/mol. The Labute approximate surface area is 218 Å². The minimum absolute atomic E-state index is 0.130. The zero-order chi connectivity index (χ0) is 25.6. The first-order chi connectivity index (χ1) is 17.3. The number of alkyl halides is 1. The molecule has 0 radical (unpaired) electrons. The molecule has 11 heteroatoms. The van der Waals surface area contributed by atoms with Crippen molar-refractivity contribution in [2.75, 3.05) is 20.1 Å². The number of pyridine rings is 2. The highest BCUT2D eigenvalue weighted by Gasteiger charge is 2.28. The second kappa shape index (κ2) is 9.31. The molecular formula is C25H22Cl2N4O4S. The third-order valence-corrected chi connectivity index (χ3v) is 8.18. The zero-order valence-corrected chi connectivity index (χ0v) is 22.0. The Bertz CT molecular complexity index is 1710. The first-order valence-electron chi connectivity index (χ1n) is 11.0. The first-order valence-corrected chi connectivity index (χ1v) is 13.3. The Hall–Kier alpha value is -3.27. The Morgan fingerprint density at radius 3 is 2.47 bits per heavy atom. The highest BCUT2D eigenvalue weighted by Crippen LogP contribution is 2.40. The number of hydrogen-bond donors (Lipinski definition) is 0. The summed E-state index contributed by atoms with van der Waals surface area (Å²) >= 11 is 12.6. The van der Waals surface area contributed by atoms with E-state index in [4.69, 9.17) is 32.7 Å². The summed E-state index contributed by atoms with van der Waals surface area (Å²) in [6.07, 6.45) is 3.31. The van der Waals surface area contributed by atoms with E-state index in [-0.39, 0.29) is 16.4 Å². The normalized spacial score (nSPS) is 11.9. The lowest BCUT2D eigenvalue weighted by Gasteiger charge is -2.12. The number of hydrogen-bond acceptors (Lipinski definition) is 6. The second-order valence-corrected chi connectivity index (χ2v) is 10.7. The number of aryl methyl sites for hydroxylation is 2. The summed E-state index contributed by atoms with van der Waals surface area (Å²) in [4.78, 5) is 9.19. The van der Waals surface area contributed by atoms with E-state index in [1.165, 1.54) is 24.4 Å². The van der Waals surface area contributed by atoms with E-state index in [1.807, 2.05) is 17.7 Å². The van der Waals surface area contributed by atoms with Crippen molar-refractivity contribution in [2.45, 2.75) is 18.4 Å². The van der Waals surface area contributed by atoms with Gasteiger partial charge in [0.1, 0.15) is 5.52 Å². The number of aromatic nitrogens is 4. The molecule has 0 atom stereocenters. The van der Waals surface area contributed by atoms with Crippen molar-refractivity contribution in [3.63, 3.8) is 0 Å². The Morgan fingerprint density at radius 2 is 1.81 bits per heavy atom. The molecule has 0 aliphatic carbocycles. The van der Waals surface area contributed by atoms with Crippen LogP contribution in [0.5, 0.6) is 11.6 Å². The van der Waals surface area contributed by atoms with Crippen LogP contribution in [0.25, 0.3) is 33.3 Å². The number of ether oxygens (including phenoxy) is 2. The van der Waals surface area contributed by atoms with E-state index >= 15 is 0 Å². The van der Waals surface area contributed by atoms with Gasteiger partial charge in [-0.25, -0.2) is 22.4 Å². The molecule has 5 aromatic rings. The molecule has 0 spiro atoms. The zero-order valence-electron chi connectivity index (χ0n) is 19.7. The quantitative estimate of drug-likeness (QED) is 0.251. The SMILES string of the molecule is COc1cc2c(nc1OC)c(-c1cc3c(Cl)ccnc3n1S(=O)(=O)c1ccc(C)cc1)cn2CCCl. The van der Waals surface area contributed by atoms with Crippen LogP contribution in [-0.4, -0.2) is 47.0 Å². The summed E-state index contributed by atoms with van der Waals surface area (Å²) in [5.41, 5.74) is 3.33. The van der Waals surface area contributed by atoms with Gasteiger partial charge in [0.2, 0.25) is 0 Å². The number of fused-ring (bicyclic) bond motifs is 2. The monoisotopic (exact) mass is 544 g/mol. The third kappa shape index (κ3) is 3.87. The van der Waals surface area contributed by atoms with Gasteiger partial charge in [0.15, 0.2) is 11.4 Å². The maximum Gasteiger partial charge on any atom is 0.269 e. The third-order valence-electron chi connectivity index (χ3n) is 5.97. The van der Waals surface area contributed by atoms with Gasteiger partial charge in [0.25, 0.3) is 15.9 Å². The van der Waals surface area contributed by atoms with E-state index in [0.717, 1.165) is 5.56 Å². The van der Waals surface area contributed by atoms with Gasteiger partial charge in [-0.2, -0.15) is 0 Å². The first kappa shape index (κ1) is 24.4. The van der Waals surface area contributed by atoms with Crippen molar-refractivity contribution in [1.29, 1.82) is 0 Å². The molecule has 0 bridgehead atoms. The van der Waals surface area contributed by atoms with Crippen LogP contribution < -0.4 is 9.47 Å². The average molecular weight is 545 g/mol. The van der Waals surface area contributed by atoms with Crippen molar-refractivity contribution in [3.8, 4) is 22.9 Å². The van der Waals surface area contributed by atoms with Crippen LogP contribution in [0.1, 0.15) is 5.56 Å². The highest BCUT2D eigenvalue weighted by atomic mass is 35.5. The fourth-order valence-corrected chi connectivity index (χ4v) is 6.07. The van der Waals surface area contributed by atoms with Crippen LogP contribution in [0.15, 0.2) is 59.8 Å². The molecule has 0 aliphatic rings. The molecule has 0 aliphatic heterocycles. The number of rotatable bonds is 7. The van der Waals surface area contributed by atoms with Gasteiger partial charge in [-0.3, -0.25) is 0 Å². The van der Waals surface area contributed by atoms with Gasteiger partial charge in [0, 0.05) is 41.8 Å². The molecule has 1 aromatic carbocycles. The second-order valence-electron chi connectivity index (χ2n) is 8.13. The van der Waals surface area contributed by atoms with Gasteiger partial charge in [-0.05, 0) is 31.2 Å². The Morgan fingerprint density at radius 1 is 1.06 bits per heavy atom. The maximum atomic E-state index is 14.0. The van der Waals surface area contributed by atoms with E-state index in [9.17, 15) is 8.42 Å². The molecule has 0 saturated heterocycles. The lowest BCUT2D eigenvalue weighted by molar-refractivity contribution is 0.344. The molecular weight excluding hydrogens is 523 g/mol. The Kier molecular flexibility index (Phi) is 6.32. The number of methoxy groups -OCH3 is 2. The molecule has 0 amide bonds. The smallest absolute Gasteiger partial charge is 0.269 e. The number of halogens is 2. The van der Waals surface area contributed by atoms with E-state index in [0.29, 0.717) is 50.9 Å². The summed E-state index contributed by atoms with van der Waals surface area (Å²) < 4.78 is 42.0. The largest absolute Gasteiger partial charge is 0.491 e. The fourth-order valence-electron chi connectivity index (χ4n) is 4.22. The average Bonchev–Trinajstić information content (AvgIpc) is 3.43. The van der Waals surface area contributed by atoms with Crippen LogP contribution >= 0.6 is 23.2 Å². The lowest BCUT2D eigenvalue weighted by Crippen LogP contribution is -2.14. The fraction of sp³-hybridized carbons (Fsp3) is 0.200. The van der Waals surface area contributed by atoms with E-state index in [1.54, 1.807) is 42.5 Å². The highest BCUT2D eigenvalue weighted by molar-refractivity contribution is 7.90. The van der Waals surface area contributed by atoms with Crippen molar-refractivity contribution >= 4 is 55.3 Å². The Balaban J connectivity index is 1.89. The van der Waals surface area contributed by atoms with Crippen molar-refractivity contribution in [2.24, 2.45) is 0 Å². The molecule has 5 rings (SSSR count). The predicted octanol–water partition coefficient (Wildman–Crippen LogP) is 5.51. The van der Waals surface area contributed by atoms with Crippen molar-refractivity contribution < 1.29 is 17.9 Å². The van der Waals surface area contributed by atoms with E-state index < -0.39 is 10.0 Å². The molecule has 0 unspecified atom stereocenters. The maximum absolute atomic E-state index is 14.0. The van der Waals surface area contributed by atoms with Crippen LogP contribution in [-0.2, 0) is 16.6 Å². The molecule has 8 nitrogen and oxygen atoms in total. The van der Waals surface area contributed by atoms with Crippen molar-refractivity contribution in [1.82, 2.24) is 18.5 Å². The topological polar surface area (TPSA) is 88.2 Å². The number of nitrogens with zero attached hydrogens (tertiary/aromatic N) is 4. The summed E-state index contributed by atoms with van der Waals surface area (Å²) in [7, 11) is -1.03. The molecule has 4 heterocycles. The van der Waals surface area contributed by atoms with Gasteiger partial charge in [-0.1, -0.05) is 29.3 Å². The van der Waals surface area contributed by atoms with Gasteiger partial charge in [0.05, 0.1) is 35.3 Å². The minimum atomic E-state index is -4.06. The standard InChI is InChI=1S/C25H22Cl2N4O4S/c1-15-4-6-16(7-5-15)36(32,33)31-20(12-17-19(27)8-10-28-24(17)31)18-14-30(11-9-26)21-13-22(34-2)25(35-3)29-23(18)21/h4-8,10,12-14H,9,11H2,1-3H3. The number of benzene rings is 1. The van der Waals surface area contributed by atoms with Crippen LogP contribution in [0.2, 0.25) is 5.02 Å². The summed E-state index contributed by atoms with van der Waals surface area (Å²) in [5, 5.41) is 0.888. The van der Waals surface area contributed by atoms with Crippen LogP contribution in [0, 0.1) is 6.92 Å². The van der Waals surface area contributed by atoms with Crippen LogP contribution in [0.3, 0.4) is 0 Å². The molecule has 36 heavy (non-hydrogen) atoms.